The Hall–Kier alpha value is -1.17. The fourth-order valence-electron chi connectivity index (χ4n) is 0.739. The molecule has 0 aliphatic carbocycles. The number of methoxy groups -OCH3 is 1. The average molecular weight is 228 g/mol. The van der Waals surface area contributed by atoms with Crippen LogP contribution in [0.5, 0.6) is 11.6 Å². The molecule has 0 unspecified atom stereocenters. The molecule has 0 saturated carbocycles. The standard InChI is InChI=1S/C7H5ClF3NO2/c1-13-4-2-5(8)12-6(3-4)14-7(9,10)11/h2-3H,1H3. The van der Waals surface area contributed by atoms with Gasteiger partial charge in [-0.3, -0.25) is 0 Å². The second-order valence-electron chi connectivity index (χ2n) is 2.22. The van der Waals surface area contributed by atoms with E-state index < -0.39 is 12.2 Å². The lowest BCUT2D eigenvalue weighted by Crippen LogP contribution is -2.17. The van der Waals surface area contributed by atoms with Crippen LogP contribution in [0.2, 0.25) is 5.15 Å². The van der Waals surface area contributed by atoms with Crippen molar-refractivity contribution in [2.75, 3.05) is 7.11 Å². The van der Waals surface area contributed by atoms with Gasteiger partial charge in [0, 0.05) is 12.1 Å². The van der Waals surface area contributed by atoms with Crippen molar-refractivity contribution >= 4 is 11.6 Å². The molecule has 1 aromatic rings. The number of nitrogens with zero attached hydrogens (tertiary/aromatic N) is 1. The molecule has 0 spiro atoms. The number of rotatable bonds is 2. The molecular formula is C7H5ClF3NO2. The lowest BCUT2D eigenvalue weighted by molar-refractivity contribution is -0.276. The van der Waals surface area contributed by atoms with Crippen LogP contribution in [0.25, 0.3) is 0 Å². The average Bonchev–Trinajstić information content (AvgIpc) is 1.99. The molecule has 78 valence electrons. The van der Waals surface area contributed by atoms with Crippen LogP contribution in [0.15, 0.2) is 12.1 Å². The van der Waals surface area contributed by atoms with Crippen LogP contribution in [0.3, 0.4) is 0 Å². The quantitative estimate of drug-likeness (QED) is 0.728. The van der Waals surface area contributed by atoms with Gasteiger partial charge in [-0.2, -0.15) is 0 Å². The molecule has 0 atom stereocenters. The van der Waals surface area contributed by atoms with E-state index in [0.717, 1.165) is 6.07 Å². The highest BCUT2D eigenvalue weighted by Gasteiger charge is 2.32. The molecule has 0 amide bonds. The van der Waals surface area contributed by atoms with Gasteiger partial charge in [0.05, 0.1) is 7.11 Å². The van der Waals surface area contributed by atoms with Gasteiger partial charge in [0.15, 0.2) is 0 Å². The van der Waals surface area contributed by atoms with Gasteiger partial charge in [0.25, 0.3) is 0 Å². The summed E-state index contributed by atoms with van der Waals surface area (Å²) in [6.45, 7) is 0. The van der Waals surface area contributed by atoms with Gasteiger partial charge < -0.3 is 9.47 Å². The van der Waals surface area contributed by atoms with E-state index >= 15 is 0 Å². The van der Waals surface area contributed by atoms with Crippen LogP contribution < -0.4 is 9.47 Å². The van der Waals surface area contributed by atoms with Crippen LogP contribution in [-0.4, -0.2) is 18.5 Å². The highest BCUT2D eigenvalue weighted by molar-refractivity contribution is 6.29. The van der Waals surface area contributed by atoms with Gasteiger partial charge in [-0.15, -0.1) is 13.2 Å². The molecule has 0 N–H and O–H groups in total. The van der Waals surface area contributed by atoms with Gasteiger partial charge in [0.2, 0.25) is 5.88 Å². The Bertz CT molecular complexity index is 329. The molecule has 1 aromatic heterocycles. The Morgan fingerprint density at radius 1 is 1.36 bits per heavy atom. The third-order valence-electron chi connectivity index (χ3n) is 1.20. The topological polar surface area (TPSA) is 31.4 Å². The van der Waals surface area contributed by atoms with Crippen molar-refractivity contribution in [3.63, 3.8) is 0 Å². The minimum absolute atomic E-state index is 0.136. The fourth-order valence-corrected chi connectivity index (χ4v) is 0.930. The molecule has 0 bridgehead atoms. The Morgan fingerprint density at radius 3 is 2.50 bits per heavy atom. The lowest BCUT2D eigenvalue weighted by Gasteiger charge is -2.08. The van der Waals surface area contributed by atoms with E-state index in [1.165, 1.54) is 13.2 Å². The van der Waals surface area contributed by atoms with Crippen LogP contribution in [-0.2, 0) is 0 Å². The molecule has 7 heteroatoms. The first-order chi connectivity index (χ1) is 6.40. The normalized spacial score (nSPS) is 11.2. The molecule has 0 radical (unpaired) electrons. The van der Waals surface area contributed by atoms with Crippen molar-refractivity contribution in [2.45, 2.75) is 6.36 Å². The van der Waals surface area contributed by atoms with Gasteiger partial charge in [-0.1, -0.05) is 11.6 Å². The molecule has 3 nitrogen and oxygen atoms in total. The third-order valence-corrected chi connectivity index (χ3v) is 1.39. The van der Waals surface area contributed by atoms with E-state index in [-0.39, 0.29) is 10.9 Å². The van der Waals surface area contributed by atoms with Crippen LogP contribution >= 0.6 is 11.6 Å². The number of ether oxygens (including phenoxy) is 2. The van der Waals surface area contributed by atoms with Gasteiger partial charge >= 0.3 is 6.36 Å². The van der Waals surface area contributed by atoms with E-state index in [9.17, 15) is 13.2 Å². The molecule has 1 rings (SSSR count). The maximum Gasteiger partial charge on any atom is 0.574 e. The first-order valence-corrected chi connectivity index (χ1v) is 3.76. The van der Waals surface area contributed by atoms with Crippen LogP contribution in [0.1, 0.15) is 0 Å². The maximum absolute atomic E-state index is 11.8. The van der Waals surface area contributed by atoms with Crippen molar-refractivity contribution in [1.82, 2.24) is 4.98 Å². The van der Waals surface area contributed by atoms with Crippen LogP contribution in [0.4, 0.5) is 13.2 Å². The molecule has 14 heavy (non-hydrogen) atoms. The number of hydrogen-bond acceptors (Lipinski definition) is 3. The summed E-state index contributed by atoms with van der Waals surface area (Å²) in [5.41, 5.74) is 0. The zero-order valence-electron chi connectivity index (χ0n) is 6.93. The number of pyridine rings is 1. The first kappa shape index (κ1) is 10.9. The SMILES string of the molecule is COc1cc(Cl)nc(OC(F)(F)F)c1. The summed E-state index contributed by atoms with van der Waals surface area (Å²) in [4.78, 5) is 3.31. The summed E-state index contributed by atoms with van der Waals surface area (Å²) in [7, 11) is 1.29. The number of alkyl halides is 3. The van der Waals surface area contributed by atoms with Crippen molar-refractivity contribution in [3.05, 3.63) is 17.3 Å². The summed E-state index contributed by atoms with van der Waals surface area (Å²) in [6.07, 6.45) is -4.79. The second kappa shape index (κ2) is 3.91. The van der Waals surface area contributed by atoms with E-state index in [0.29, 0.717) is 0 Å². The predicted molar refractivity (Wildman–Crippen MR) is 42.5 cm³/mol. The summed E-state index contributed by atoms with van der Waals surface area (Å²) >= 11 is 5.42. The van der Waals surface area contributed by atoms with Gasteiger partial charge in [0.1, 0.15) is 10.9 Å². The number of hydrogen-bond donors (Lipinski definition) is 0. The second-order valence-corrected chi connectivity index (χ2v) is 2.60. The maximum atomic E-state index is 11.8. The summed E-state index contributed by atoms with van der Waals surface area (Å²) in [5, 5.41) is -0.136. The fraction of sp³-hybridized carbons (Fsp3) is 0.286. The van der Waals surface area contributed by atoms with Gasteiger partial charge in [-0.25, -0.2) is 4.98 Å². The van der Waals surface area contributed by atoms with Crippen molar-refractivity contribution in [1.29, 1.82) is 0 Å². The molecule has 1 heterocycles. The van der Waals surface area contributed by atoms with E-state index in [1.54, 1.807) is 0 Å². The Kier molecular flexibility index (Phi) is 3.05. The van der Waals surface area contributed by atoms with Crippen molar-refractivity contribution in [3.8, 4) is 11.6 Å². The minimum atomic E-state index is -4.79. The molecule has 0 saturated heterocycles. The Labute approximate surface area is 82.4 Å². The third kappa shape index (κ3) is 3.29. The van der Waals surface area contributed by atoms with Crippen LogP contribution in [0, 0.1) is 0 Å². The molecule has 0 aliphatic rings. The Balaban J connectivity index is 2.92. The largest absolute Gasteiger partial charge is 0.574 e. The highest BCUT2D eigenvalue weighted by Crippen LogP contribution is 2.26. The summed E-state index contributed by atoms with van der Waals surface area (Å²) < 4.78 is 43.5. The summed E-state index contributed by atoms with van der Waals surface area (Å²) in [5.74, 6) is -0.508. The lowest BCUT2D eigenvalue weighted by atomic mass is 10.4. The summed E-state index contributed by atoms with van der Waals surface area (Å²) in [6, 6.07) is 2.25. The number of halogens is 4. The van der Waals surface area contributed by atoms with E-state index in [4.69, 9.17) is 11.6 Å². The van der Waals surface area contributed by atoms with E-state index in [1.807, 2.05) is 0 Å². The minimum Gasteiger partial charge on any atom is -0.496 e. The van der Waals surface area contributed by atoms with Gasteiger partial charge in [-0.05, 0) is 0 Å². The monoisotopic (exact) mass is 227 g/mol. The zero-order valence-corrected chi connectivity index (χ0v) is 7.69. The Morgan fingerprint density at radius 2 is 2.00 bits per heavy atom. The predicted octanol–water partition coefficient (Wildman–Crippen LogP) is 2.64. The van der Waals surface area contributed by atoms with E-state index in [2.05, 4.69) is 14.5 Å². The smallest absolute Gasteiger partial charge is 0.496 e. The molecule has 0 aliphatic heterocycles. The highest BCUT2D eigenvalue weighted by atomic mass is 35.5. The molecule has 0 aromatic carbocycles. The zero-order chi connectivity index (χ0) is 10.8. The number of aromatic nitrogens is 1. The molecular weight excluding hydrogens is 223 g/mol. The van der Waals surface area contributed by atoms with Crippen molar-refractivity contribution in [2.24, 2.45) is 0 Å². The van der Waals surface area contributed by atoms with Crippen molar-refractivity contribution < 1.29 is 22.6 Å². The first-order valence-electron chi connectivity index (χ1n) is 3.38. The molecule has 0 fully saturated rings.